The lowest BCUT2D eigenvalue weighted by Crippen LogP contribution is -2.47. The van der Waals surface area contributed by atoms with Gasteiger partial charge in [-0.3, -0.25) is 4.79 Å². The van der Waals surface area contributed by atoms with Gasteiger partial charge in [0.25, 0.3) is 0 Å². The molecule has 0 bridgehead atoms. The van der Waals surface area contributed by atoms with Gasteiger partial charge in [-0.25, -0.2) is 8.78 Å². The quantitative estimate of drug-likeness (QED) is 0.931. The van der Waals surface area contributed by atoms with Crippen LogP contribution in [0.1, 0.15) is 6.92 Å². The molecule has 0 spiro atoms. The number of hydrogen-bond donors (Lipinski definition) is 1. The fourth-order valence-electron chi connectivity index (χ4n) is 2.02. The van der Waals surface area contributed by atoms with E-state index in [4.69, 9.17) is 16.3 Å². The monoisotopic (exact) mass is 304 g/mol. The van der Waals surface area contributed by atoms with Gasteiger partial charge in [0.1, 0.15) is 11.9 Å². The molecule has 1 saturated heterocycles. The molecule has 0 aromatic heterocycles. The first kappa shape index (κ1) is 15.0. The highest BCUT2D eigenvalue weighted by molar-refractivity contribution is 6.33. The molecule has 0 aliphatic carbocycles. The molecule has 1 aliphatic heterocycles. The lowest BCUT2D eigenvalue weighted by Gasteiger charge is -2.30. The van der Waals surface area contributed by atoms with Crippen LogP contribution < -0.4 is 5.32 Å². The number of amides is 1. The van der Waals surface area contributed by atoms with Crippen LogP contribution in [0.25, 0.3) is 0 Å². The summed E-state index contributed by atoms with van der Waals surface area (Å²) >= 11 is 5.78. The van der Waals surface area contributed by atoms with Gasteiger partial charge in [0.05, 0.1) is 23.9 Å². The van der Waals surface area contributed by atoms with E-state index in [1.54, 1.807) is 11.8 Å². The van der Waals surface area contributed by atoms with Gasteiger partial charge in [-0.15, -0.1) is 0 Å². The summed E-state index contributed by atoms with van der Waals surface area (Å²) < 4.78 is 31.8. The van der Waals surface area contributed by atoms with Crippen LogP contribution in [0, 0.1) is 11.6 Å². The third kappa shape index (κ3) is 3.37. The summed E-state index contributed by atoms with van der Waals surface area (Å²) in [4.78, 5) is 13.8. The highest BCUT2D eigenvalue weighted by atomic mass is 35.5. The van der Waals surface area contributed by atoms with Crippen LogP contribution in [-0.2, 0) is 9.53 Å². The molecule has 20 heavy (non-hydrogen) atoms. The highest BCUT2D eigenvalue weighted by Crippen LogP contribution is 2.27. The summed E-state index contributed by atoms with van der Waals surface area (Å²) in [5.74, 6) is -1.75. The second-order valence-electron chi connectivity index (χ2n) is 4.55. The summed E-state index contributed by atoms with van der Waals surface area (Å²) in [6.07, 6.45) is 0. The van der Waals surface area contributed by atoms with Gasteiger partial charge >= 0.3 is 0 Å². The van der Waals surface area contributed by atoms with Gasteiger partial charge in [0.15, 0.2) is 5.82 Å². The van der Waals surface area contributed by atoms with E-state index in [9.17, 15) is 13.6 Å². The number of rotatable bonds is 3. The van der Waals surface area contributed by atoms with Crippen molar-refractivity contribution in [3.8, 4) is 0 Å². The smallest absolute Gasteiger partial charge is 0.244 e. The Hall–Kier alpha value is -1.40. The van der Waals surface area contributed by atoms with Gasteiger partial charge in [-0.05, 0) is 13.0 Å². The molecule has 110 valence electrons. The Labute approximate surface area is 120 Å². The third-order valence-electron chi connectivity index (χ3n) is 3.06. The number of hydrogen-bond acceptors (Lipinski definition) is 3. The second-order valence-corrected chi connectivity index (χ2v) is 4.96. The normalized spacial score (nSPS) is 16.9. The summed E-state index contributed by atoms with van der Waals surface area (Å²) in [6, 6.07) is 1.06. The van der Waals surface area contributed by atoms with Crippen molar-refractivity contribution in [1.82, 2.24) is 4.90 Å². The van der Waals surface area contributed by atoms with Crippen molar-refractivity contribution in [3.63, 3.8) is 0 Å². The molecular weight excluding hydrogens is 290 g/mol. The average Bonchev–Trinajstić information content (AvgIpc) is 2.42. The van der Waals surface area contributed by atoms with Crippen molar-refractivity contribution in [3.05, 3.63) is 28.8 Å². The molecule has 1 aromatic carbocycles. The molecule has 1 aromatic rings. The topological polar surface area (TPSA) is 41.6 Å². The van der Waals surface area contributed by atoms with Crippen LogP contribution in [0.2, 0.25) is 5.02 Å². The molecule has 4 nitrogen and oxygen atoms in total. The number of anilines is 1. The van der Waals surface area contributed by atoms with Gasteiger partial charge in [-0.2, -0.15) is 0 Å². The van der Waals surface area contributed by atoms with Gasteiger partial charge in [-0.1, -0.05) is 11.6 Å². The van der Waals surface area contributed by atoms with E-state index in [0.29, 0.717) is 26.3 Å². The number of benzene rings is 1. The number of nitrogens with one attached hydrogen (secondary N) is 1. The maximum absolute atomic E-state index is 13.6. The maximum atomic E-state index is 13.6. The third-order valence-corrected chi connectivity index (χ3v) is 3.36. The SMILES string of the molecule is CC(Nc1c(F)cc(F)cc1Cl)C(=O)N1CCOCC1. The molecule has 1 amide bonds. The highest BCUT2D eigenvalue weighted by Gasteiger charge is 2.24. The molecule has 1 atom stereocenters. The fourth-order valence-corrected chi connectivity index (χ4v) is 2.26. The van der Waals surface area contributed by atoms with Crippen LogP contribution in [0.4, 0.5) is 14.5 Å². The van der Waals surface area contributed by atoms with Crippen molar-refractivity contribution in [2.75, 3.05) is 31.6 Å². The van der Waals surface area contributed by atoms with Gasteiger partial charge in [0, 0.05) is 19.2 Å². The predicted octanol–water partition coefficient (Wildman–Crippen LogP) is 2.28. The largest absolute Gasteiger partial charge is 0.378 e. The van der Waals surface area contributed by atoms with Crippen molar-refractivity contribution in [2.45, 2.75) is 13.0 Å². The van der Waals surface area contributed by atoms with E-state index in [2.05, 4.69) is 5.32 Å². The molecule has 0 radical (unpaired) electrons. The number of ether oxygens (including phenoxy) is 1. The predicted molar refractivity (Wildman–Crippen MR) is 71.9 cm³/mol. The molecule has 2 rings (SSSR count). The Morgan fingerprint density at radius 1 is 1.40 bits per heavy atom. The minimum absolute atomic E-state index is 0.0674. The number of halogens is 3. The summed E-state index contributed by atoms with van der Waals surface area (Å²) in [5, 5.41) is 2.60. The van der Waals surface area contributed by atoms with E-state index < -0.39 is 17.7 Å². The van der Waals surface area contributed by atoms with Crippen LogP contribution in [0.5, 0.6) is 0 Å². The lowest BCUT2D eigenvalue weighted by atomic mass is 10.2. The summed E-state index contributed by atoms with van der Waals surface area (Å²) in [7, 11) is 0. The zero-order chi connectivity index (χ0) is 14.7. The number of carbonyl (C=O) groups excluding carboxylic acids is 1. The zero-order valence-electron chi connectivity index (χ0n) is 11.0. The van der Waals surface area contributed by atoms with E-state index in [1.165, 1.54) is 0 Å². The van der Waals surface area contributed by atoms with Crippen LogP contribution in [0.3, 0.4) is 0 Å². The van der Waals surface area contributed by atoms with Crippen molar-refractivity contribution < 1.29 is 18.3 Å². The Morgan fingerprint density at radius 3 is 2.65 bits per heavy atom. The molecule has 1 fully saturated rings. The van der Waals surface area contributed by atoms with Crippen LogP contribution >= 0.6 is 11.6 Å². The maximum Gasteiger partial charge on any atom is 0.244 e. The van der Waals surface area contributed by atoms with Crippen molar-refractivity contribution in [1.29, 1.82) is 0 Å². The lowest BCUT2D eigenvalue weighted by molar-refractivity contribution is -0.135. The van der Waals surface area contributed by atoms with Gasteiger partial charge in [0.2, 0.25) is 5.91 Å². The number of morpholine rings is 1. The van der Waals surface area contributed by atoms with E-state index in [-0.39, 0.29) is 16.6 Å². The van der Waals surface area contributed by atoms with E-state index in [1.807, 2.05) is 0 Å². The average molecular weight is 305 g/mol. The summed E-state index contributed by atoms with van der Waals surface area (Å²) in [5.41, 5.74) is -0.0674. The molecule has 1 aliphatic rings. The minimum atomic E-state index is -0.823. The molecule has 1 N–H and O–H groups in total. The van der Waals surface area contributed by atoms with E-state index in [0.717, 1.165) is 12.1 Å². The van der Waals surface area contributed by atoms with E-state index >= 15 is 0 Å². The van der Waals surface area contributed by atoms with Crippen LogP contribution in [0.15, 0.2) is 12.1 Å². The second kappa shape index (κ2) is 6.37. The Balaban J connectivity index is 2.07. The minimum Gasteiger partial charge on any atom is -0.378 e. The van der Waals surface area contributed by atoms with Gasteiger partial charge < -0.3 is 15.0 Å². The number of carbonyl (C=O) groups is 1. The fraction of sp³-hybridized carbons (Fsp3) is 0.462. The Morgan fingerprint density at radius 2 is 2.05 bits per heavy atom. The van der Waals surface area contributed by atoms with Crippen LogP contribution in [-0.4, -0.2) is 43.2 Å². The first-order chi connectivity index (χ1) is 9.49. The number of nitrogens with zero attached hydrogens (tertiary/aromatic N) is 1. The zero-order valence-corrected chi connectivity index (χ0v) is 11.7. The molecular formula is C13H15ClF2N2O2. The molecule has 1 heterocycles. The molecule has 0 saturated carbocycles. The van der Waals surface area contributed by atoms with Crippen molar-refractivity contribution in [2.24, 2.45) is 0 Å². The Kier molecular flexibility index (Phi) is 4.77. The standard InChI is InChI=1S/C13H15ClF2N2O2/c1-8(13(19)18-2-4-20-5-3-18)17-12-10(14)6-9(15)7-11(12)16/h6-8,17H,2-5H2,1H3. The molecule has 1 unspecified atom stereocenters. The first-order valence-electron chi connectivity index (χ1n) is 6.26. The first-order valence-corrected chi connectivity index (χ1v) is 6.64. The molecule has 7 heteroatoms. The Bertz CT molecular complexity index is 484. The summed E-state index contributed by atoms with van der Waals surface area (Å²) in [6.45, 7) is 3.60. The van der Waals surface area contributed by atoms with Crippen molar-refractivity contribution >= 4 is 23.2 Å².